The molecule has 0 radical (unpaired) electrons. The molecule has 0 saturated heterocycles. The van der Waals surface area contributed by atoms with Crippen molar-refractivity contribution in [3.8, 4) is 0 Å². The van der Waals surface area contributed by atoms with E-state index in [9.17, 15) is 4.79 Å². The summed E-state index contributed by atoms with van der Waals surface area (Å²) < 4.78 is 0. The van der Waals surface area contributed by atoms with Gasteiger partial charge in [-0.2, -0.15) is 0 Å². The molecule has 1 aliphatic rings. The molecule has 1 heterocycles. The Morgan fingerprint density at radius 3 is 2.93 bits per heavy atom. The third-order valence-electron chi connectivity index (χ3n) is 2.78. The van der Waals surface area contributed by atoms with Crippen molar-refractivity contribution in [1.82, 2.24) is 4.98 Å². The van der Waals surface area contributed by atoms with E-state index >= 15 is 0 Å². The minimum Gasteiger partial charge on any atom is -0.299 e. The van der Waals surface area contributed by atoms with E-state index in [1.807, 2.05) is 6.07 Å². The van der Waals surface area contributed by atoms with Gasteiger partial charge in [-0.15, -0.1) is 0 Å². The molecule has 1 aliphatic carbocycles. The molecule has 74 valence electrons. The maximum atomic E-state index is 11.7. The van der Waals surface area contributed by atoms with E-state index in [-0.39, 0.29) is 0 Å². The predicted molar refractivity (Wildman–Crippen MR) is 55.3 cm³/mol. The zero-order valence-electron chi connectivity index (χ0n) is 7.87. The minimum absolute atomic E-state index is 0.291. The van der Waals surface area contributed by atoms with Crippen molar-refractivity contribution in [1.29, 1.82) is 0 Å². The van der Waals surface area contributed by atoms with Gasteiger partial charge in [-0.3, -0.25) is 9.78 Å². The topological polar surface area (TPSA) is 30.0 Å². The van der Waals surface area contributed by atoms with E-state index in [0.29, 0.717) is 23.1 Å². The number of pyridine rings is 1. The summed E-state index contributed by atoms with van der Waals surface area (Å²) in [4.78, 5) is 15.6. The van der Waals surface area contributed by atoms with Crippen LogP contribution in [-0.4, -0.2) is 10.8 Å². The SMILES string of the molecule is O=C(Cc1ccncc1Cl)C1CCC1. The minimum atomic E-state index is 0.291. The molecule has 2 rings (SSSR count). The van der Waals surface area contributed by atoms with Crippen molar-refractivity contribution in [2.45, 2.75) is 25.7 Å². The fourth-order valence-electron chi connectivity index (χ4n) is 1.61. The van der Waals surface area contributed by atoms with Crippen LogP contribution in [0.1, 0.15) is 24.8 Å². The van der Waals surface area contributed by atoms with Gasteiger partial charge in [-0.05, 0) is 24.5 Å². The first-order chi connectivity index (χ1) is 6.77. The maximum absolute atomic E-state index is 11.7. The molecule has 0 N–H and O–H groups in total. The van der Waals surface area contributed by atoms with E-state index in [1.54, 1.807) is 12.4 Å². The molecule has 1 fully saturated rings. The molecule has 0 bridgehead atoms. The molecule has 1 saturated carbocycles. The van der Waals surface area contributed by atoms with Crippen molar-refractivity contribution in [2.75, 3.05) is 0 Å². The van der Waals surface area contributed by atoms with E-state index in [1.165, 1.54) is 6.42 Å². The van der Waals surface area contributed by atoms with Gasteiger partial charge in [-0.1, -0.05) is 18.0 Å². The van der Waals surface area contributed by atoms with Crippen LogP contribution < -0.4 is 0 Å². The second kappa shape index (κ2) is 4.09. The summed E-state index contributed by atoms with van der Waals surface area (Å²) in [5, 5.41) is 0.597. The van der Waals surface area contributed by atoms with E-state index < -0.39 is 0 Å². The highest BCUT2D eigenvalue weighted by atomic mass is 35.5. The Balaban J connectivity index is 2.03. The number of halogens is 1. The highest BCUT2D eigenvalue weighted by Gasteiger charge is 2.25. The molecule has 0 amide bonds. The lowest BCUT2D eigenvalue weighted by Gasteiger charge is -2.23. The van der Waals surface area contributed by atoms with Crippen molar-refractivity contribution in [3.63, 3.8) is 0 Å². The number of aromatic nitrogens is 1. The number of ketones is 1. The van der Waals surface area contributed by atoms with E-state index in [0.717, 1.165) is 18.4 Å². The first-order valence-electron chi connectivity index (χ1n) is 4.88. The average Bonchev–Trinajstić information content (AvgIpc) is 2.05. The summed E-state index contributed by atoms with van der Waals surface area (Å²) in [5.41, 5.74) is 0.901. The Bertz CT molecular complexity index is 347. The predicted octanol–water partition coefficient (Wildman–Crippen LogP) is 2.65. The van der Waals surface area contributed by atoms with Gasteiger partial charge in [0, 0.05) is 24.7 Å². The molecular weight excluding hydrogens is 198 g/mol. The van der Waals surface area contributed by atoms with Crippen molar-refractivity contribution >= 4 is 17.4 Å². The zero-order valence-corrected chi connectivity index (χ0v) is 8.63. The van der Waals surface area contributed by atoms with Crippen molar-refractivity contribution in [2.24, 2.45) is 5.92 Å². The summed E-state index contributed by atoms with van der Waals surface area (Å²) in [5.74, 6) is 0.614. The Morgan fingerprint density at radius 2 is 2.36 bits per heavy atom. The van der Waals surface area contributed by atoms with Gasteiger partial charge < -0.3 is 0 Å². The first kappa shape index (κ1) is 9.66. The number of hydrogen-bond acceptors (Lipinski definition) is 2. The molecule has 1 aromatic heterocycles. The molecule has 0 atom stereocenters. The molecule has 3 heteroatoms. The fourth-order valence-corrected chi connectivity index (χ4v) is 1.80. The van der Waals surface area contributed by atoms with E-state index in [2.05, 4.69) is 4.98 Å². The summed E-state index contributed by atoms with van der Waals surface area (Å²) in [6.07, 6.45) is 7.04. The van der Waals surface area contributed by atoms with Gasteiger partial charge in [0.15, 0.2) is 0 Å². The van der Waals surface area contributed by atoms with Crippen molar-refractivity contribution in [3.05, 3.63) is 29.0 Å². The first-order valence-corrected chi connectivity index (χ1v) is 5.26. The second-order valence-corrected chi connectivity index (χ2v) is 4.15. The number of nitrogens with zero attached hydrogens (tertiary/aromatic N) is 1. The summed E-state index contributed by atoms with van der Waals surface area (Å²) in [6.45, 7) is 0. The lowest BCUT2D eigenvalue weighted by Crippen LogP contribution is -2.23. The Labute approximate surface area is 88.3 Å². The van der Waals surface area contributed by atoms with Gasteiger partial charge >= 0.3 is 0 Å². The molecule has 0 aromatic carbocycles. The van der Waals surface area contributed by atoms with Crippen LogP contribution in [0, 0.1) is 5.92 Å². The zero-order chi connectivity index (χ0) is 9.97. The number of rotatable bonds is 3. The van der Waals surface area contributed by atoms with E-state index in [4.69, 9.17) is 11.6 Å². The largest absolute Gasteiger partial charge is 0.299 e. The Kier molecular flexibility index (Phi) is 2.82. The summed E-state index contributed by atoms with van der Waals surface area (Å²) >= 11 is 5.92. The van der Waals surface area contributed by atoms with Gasteiger partial charge in [0.1, 0.15) is 5.78 Å². The van der Waals surface area contributed by atoms with Crippen LogP contribution in [0.15, 0.2) is 18.5 Å². The lowest BCUT2D eigenvalue weighted by atomic mass is 9.80. The Hall–Kier alpha value is -0.890. The number of Topliss-reactive ketones (excluding diaryl/α,β-unsaturated/α-hetero) is 1. The Morgan fingerprint density at radius 1 is 1.57 bits per heavy atom. The third kappa shape index (κ3) is 1.95. The lowest BCUT2D eigenvalue weighted by molar-refractivity contribution is -0.124. The van der Waals surface area contributed by atoms with Gasteiger partial charge in [-0.25, -0.2) is 0 Å². The van der Waals surface area contributed by atoms with Crippen LogP contribution in [0.3, 0.4) is 0 Å². The van der Waals surface area contributed by atoms with Gasteiger partial charge in [0.2, 0.25) is 0 Å². The highest BCUT2D eigenvalue weighted by molar-refractivity contribution is 6.31. The van der Waals surface area contributed by atoms with Gasteiger partial charge in [0.05, 0.1) is 5.02 Å². The fraction of sp³-hybridized carbons (Fsp3) is 0.455. The van der Waals surface area contributed by atoms with Gasteiger partial charge in [0.25, 0.3) is 0 Å². The van der Waals surface area contributed by atoms with Crippen LogP contribution in [0.4, 0.5) is 0 Å². The molecule has 0 unspecified atom stereocenters. The molecule has 2 nitrogen and oxygen atoms in total. The number of carbonyl (C=O) groups is 1. The molecule has 1 aromatic rings. The molecule has 0 aliphatic heterocycles. The molecule has 0 spiro atoms. The quantitative estimate of drug-likeness (QED) is 0.766. The standard InChI is InChI=1S/C11H12ClNO/c12-10-7-13-5-4-9(10)6-11(14)8-2-1-3-8/h4-5,7-8H,1-3,6H2. The smallest absolute Gasteiger partial charge is 0.140 e. The molecule has 14 heavy (non-hydrogen) atoms. The second-order valence-electron chi connectivity index (χ2n) is 3.74. The molecular formula is C11H12ClNO. The number of hydrogen-bond donors (Lipinski definition) is 0. The monoisotopic (exact) mass is 209 g/mol. The normalized spacial score (nSPS) is 16.4. The highest BCUT2D eigenvalue weighted by Crippen LogP contribution is 2.29. The van der Waals surface area contributed by atoms with Crippen LogP contribution in [-0.2, 0) is 11.2 Å². The third-order valence-corrected chi connectivity index (χ3v) is 3.12. The van der Waals surface area contributed by atoms with Crippen LogP contribution in [0.25, 0.3) is 0 Å². The average molecular weight is 210 g/mol. The van der Waals surface area contributed by atoms with Crippen LogP contribution in [0.2, 0.25) is 5.02 Å². The summed E-state index contributed by atoms with van der Waals surface area (Å²) in [7, 11) is 0. The van der Waals surface area contributed by atoms with Crippen LogP contribution >= 0.6 is 11.6 Å². The number of carbonyl (C=O) groups excluding carboxylic acids is 1. The van der Waals surface area contributed by atoms with Crippen molar-refractivity contribution < 1.29 is 4.79 Å². The van der Waals surface area contributed by atoms with Crippen LogP contribution in [0.5, 0.6) is 0 Å². The summed E-state index contributed by atoms with van der Waals surface area (Å²) in [6, 6.07) is 1.82. The maximum Gasteiger partial charge on any atom is 0.140 e.